The first-order chi connectivity index (χ1) is 19.3. The van der Waals surface area contributed by atoms with Crippen LogP contribution in [0.4, 0.5) is 4.39 Å². The third-order valence-electron chi connectivity index (χ3n) is 8.17. The van der Waals surface area contributed by atoms with Crippen LogP contribution in [0.2, 0.25) is 0 Å². The van der Waals surface area contributed by atoms with E-state index in [1.165, 1.54) is 12.1 Å². The van der Waals surface area contributed by atoms with Crippen molar-refractivity contribution in [1.82, 2.24) is 4.90 Å². The summed E-state index contributed by atoms with van der Waals surface area (Å²) in [7, 11) is 0. The molecule has 1 amide bonds. The van der Waals surface area contributed by atoms with Gasteiger partial charge in [-0.15, -0.1) is 0 Å². The van der Waals surface area contributed by atoms with Crippen molar-refractivity contribution >= 4 is 33.8 Å². The van der Waals surface area contributed by atoms with Gasteiger partial charge in [0.2, 0.25) is 5.91 Å². The maximum atomic E-state index is 13.5. The molecule has 0 bridgehead atoms. The Balaban J connectivity index is 1.29. The van der Waals surface area contributed by atoms with E-state index in [2.05, 4.69) is 0 Å². The first-order valence-corrected chi connectivity index (χ1v) is 13.1. The normalized spacial score (nSPS) is 15.0. The number of carboxylic acid groups (broad SMARTS) is 1. The molecule has 3 heterocycles. The molecule has 0 saturated carbocycles. The minimum Gasteiger partial charge on any atom is -0.481 e. The number of aliphatic carboxylic acids is 1. The van der Waals surface area contributed by atoms with Gasteiger partial charge in [0, 0.05) is 35.5 Å². The summed E-state index contributed by atoms with van der Waals surface area (Å²) in [5, 5.41) is 11.5. The zero-order valence-corrected chi connectivity index (χ0v) is 21.8. The molecular weight excluding hydrogens is 513 g/mol. The molecule has 3 aromatic carbocycles. The van der Waals surface area contributed by atoms with Gasteiger partial charge in [-0.25, -0.2) is 9.18 Å². The second kappa shape index (κ2) is 9.79. The standard InChI is InChI=1S/C32H26FNO6/c1-19-23-15-25-26(20-7-9-22(33)10-8-20)18-39-27(25)17-28(23)40-30(36)24(19)16-29(35)34-13-11-32(12-14-34,31(37)38)21-5-3-2-4-6-21/h2-10,15,17-18H,11-14,16H2,1H3,(H,37,38). The number of carbonyl (C=O) groups is 2. The minimum absolute atomic E-state index is 0.149. The number of carbonyl (C=O) groups excluding carboxylic acids is 1. The van der Waals surface area contributed by atoms with Crippen LogP contribution in [-0.4, -0.2) is 35.0 Å². The number of likely N-dealkylation sites (tertiary alicyclic amines) is 1. The number of hydrogen-bond donors (Lipinski definition) is 1. The van der Waals surface area contributed by atoms with Gasteiger partial charge < -0.3 is 18.8 Å². The summed E-state index contributed by atoms with van der Waals surface area (Å²) >= 11 is 0. The number of hydrogen-bond acceptors (Lipinski definition) is 5. The molecule has 0 radical (unpaired) electrons. The van der Waals surface area contributed by atoms with Gasteiger partial charge in [-0.2, -0.15) is 0 Å². The van der Waals surface area contributed by atoms with Gasteiger partial charge in [0.05, 0.1) is 23.7 Å². The molecule has 7 nitrogen and oxygen atoms in total. The van der Waals surface area contributed by atoms with E-state index in [1.54, 1.807) is 36.3 Å². The van der Waals surface area contributed by atoms with E-state index in [4.69, 9.17) is 8.83 Å². The van der Waals surface area contributed by atoms with Crippen molar-refractivity contribution in [3.05, 3.63) is 106 Å². The molecule has 1 aliphatic heterocycles. The molecule has 1 saturated heterocycles. The number of nitrogens with zero attached hydrogens (tertiary/aromatic N) is 1. The zero-order valence-electron chi connectivity index (χ0n) is 21.8. The molecule has 1 aliphatic rings. The second-order valence-electron chi connectivity index (χ2n) is 10.3. The quantitative estimate of drug-likeness (QED) is 0.282. The Morgan fingerprint density at radius 1 is 0.975 bits per heavy atom. The van der Waals surface area contributed by atoms with Gasteiger partial charge in [0.15, 0.2) is 0 Å². The number of carboxylic acids is 1. The number of furan rings is 1. The Hall–Kier alpha value is -4.72. The predicted molar refractivity (Wildman–Crippen MR) is 148 cm³/mol. The van der Waals surface area contributed by atoms with Crippen molar-refractivity contribution in [1.29, 1.82) is 0 Å². The monoisotopic (exact) mass is 539 g/mol. The van der Waals surface area contributed by atoms with Gasteiger partial charge in [-0.1, -0.05) is 42.5 Å². The highest BCUT2D eigenvalue weighted by Gasteiger charge is 2.43. The number of rotatable bonds is 5. The largest absolute Gasteiger partial charge is 0.481 e. The number of amides is 1. The highest BCUT2D eigenvalue weighted by atomic mass is 19.1. The van der Waals surface area contributed by atoms with Crippen LogP contribution >= 0.6 is 0 Å². The lowest BCUT2D eigenvalue weighted by Gasteiger charge is -2.39. The summed E-state index contributed by atoms with van der Waals surface area (Å²) < 4.78 is 24.8. The van der Waals surface area contributed by atoms with E-state index in [9.17, 15) is 23.9 Å². The molecule has 2 aromatic heterocycles. The molecule has 5 aromatic rings. The number of fused-ring (bicyclic) bond motifs is 2. The van der Waals surface area contributed by atoms with E-state index < -0.39 is 17.0 Å². The molecule has 0 unspecified atom stereocenters. The molecule has 40 heavy (non-hydrogen) atoms. The fourth-order valence-electron chi connectivity index (χ4n) is 5.75. The molecule has 202 valence electrons. The summed E-state index contributed by atoms with van der Waals surface area (Å²) in [5.74, 6) is -1.49. The fraction of sp³-hybridized carbons (Fsp3) is 0.219. The maximum Gasteiger partial charge on any atom is 0.340 e. The fourth-order valence-corrected chi connectivity index (χ4v) is 5.75. The third-order valence-corrected chi connectivity index (χ3v) is 8.17. The smallest absolute Gasteiger partial charge is 0.340 e. The molecule has 0 atom stereocenters. The van der Waals surface area contributed by atoms with Crippen molar-refractivity contribution in [2.75, 3.05) is 13.1 Å². The topological polar surface area (TPSA) is 101 Å². The summed E-state index contributed by atoms with van der Waals surface area (Å²) in [6, 6.07) is 18.7. The Morgan fingerprint density at radius 2 is 1.68 bits per heavy atom. The van der Waals surface area contributed by atoms with Crippen LogP contribution in [0.5, 0.6) is 0 Å². The van der Waals surface area contributed by atoms with E-state index in [-0.39, 0.29) is 49.6 Å². The van der Waals surface area contributed by atoms with E-state index in [0.717, 1.165) is 22.1 Å². The van der Waals surface area contributed by atoms with Crippen molar-refractivity contribution in [3.63, 3.8) is 0 Å². The van der Waals surface area contributed by atoms with Crippen LogP contribution in [0.3, 0.4) is 0 Å². The summed E-state index contributed by atoms with van der Waals surface area (Å²) in [4.78, 5) is 40.2. The zero-order chi connectivity index (χ0) is 28.0. The Kier molecular flexibility index (Phi) is 6.25. The van der Waals surface area contributed by atoms with Crippen LogP contribution < -0.4 is 5.63 Å². The summed E-state index contributed by atoms with van der Waals surface area (Å²) in [6.07, 6.45) is 2.00. The number of halogens is 1. The highest BCUT2D eigenvalue weighted by Crippen LogP contribution is 2.37. The Labute approximate surface area is 228 Å². The number of piperidine rings is 1. The molecule has 6 rings (SSSR count). The van der Waals surface area contributed by atoms with Gasteiger partial charge in [0.1, 0.15) is 17.0 Å². The SMILES string of the molecule is Cc1c(CC(=O)N2CCC(C(=O)O)(c3ccccc3)CC2)c(=O)oc2cc3occ(-c4ccc(F)cc4)c3cc12. The number of benzene rings is 3. The van der Waals surface area contributed by atoms with Crippen molar-refractivity contribution in [2.24, 2.45) is 0 Å². The van der Waals surface area contributed by atoms with Crippen molar-refractivity contribution in [2.45, 2.75) is 31.6 Å². The predicted octanol–water partition coefficient (Wildman–Crippen LogP) is 5.84. The molecule has 1 N–H and O–H groups in total. The van der Waals surface area contributed by atoms with Crippen LogP contribution in [0.15, 0.2) is 86.6 Å². The Morgan fingerprint density at radius 3 is 2.35 bits per heavy atom. The van der Waals surface area contributed by atoms with Crippen molar-refractivity contribution in [3.8, 4) is 11.1 Å². The van der Waals surface area contributed by atoms with E-state index in [1.807, 2.05) is 36.4 Å². The average Bonchev–Trinajstić information content (AvgIpc) is 3.38. The third kappa shape index (κ3) is 4.25. The summed E-state index contributed by atoms with van der Waals surface area (Å²) in [6.45, 7) is 2.33. The minimum atomic E-state index is -1.05. The second-order valence-corrected chi connectivity index (χ2v) is 10.3. The lowest BCUT2D eigenvalue weighted by Crippen LogP contribution is -2.49. The van der Waals surface area contributed by atoms with Gasteiger partial charge in [-0.3, -0.25) is 9.59 Å². The maximum absolute atomic E-state index is 13.5. The lowest BCUT2D eigenvalue weighted by atomic mass is 9.73. The number of aryl methyl sites for hydroxylation is 1. The Bertz CT molecular complexity index is 1810. The van der Waals surface area contributed by atoms with Gasteiger partial charge in [0.25, 0.3) is 0 Å². The van der Waals surface area contributed by atoms with Crippen LogP contribution in [0.25, 0.3) is 33.1 Å². The first-order valence-electron chi connectivity index (χ1n) is 13.1. The van der Waals surface area contributed by atoms with Crippen molar-refractivity contribution < 1.29 is 27.9 Å². The lowest BCUT2D eigenvalue weighted by molar-refractivity contribution is -0.148. The van der Waals surface area contributed by atoms with E-state index >= 15 is 0 Å². The molecule has 0 aliphatic carbocycles. The molecule has 0 spiro atoms. The molecule has 1 fully saturated rings. The molecule has 8 heteroatoms. The van der Waals surface area contributed by atoms with Crippen LogP contribution in [-0.2, 0) is 21.4 Å². The van der Waals surface area contributed by atoms with E-state index in [0.29, 0.717) is 22.1 Å². The molecular formula is C32H26FNO6. The first kappa shape index (κ1) is 25.6. The highest BCUT2D eigenvalue weighted by molar-refractivity contribution is 6.02. The summed E-state index contributed by atoms with van der Waals surface area (Å²) in [5.41, 5.74) is 2.40. The van der Waals surface area contributed by atoms with Gasteiger partial charge in [-0.05, 0) is 54.7 Å². The van der Waals surface area contributed by atoms with Gasteiger partial charge >= 0.3 is 11.6 Å². The van der Waals surface area contributed by atoms with Crippen LogP contribution in [0, 0.1) is 12.7 Å². The average molecular weight is 540 g/mol. The van der Waals surface area contributed by atoms with Crippen LogP contribution in [0.1, 0.15) is 29.5 Å².